The van der Waals surface area contributed by atoms with Crippen molar-refractivity contribution in [3.05, 3.63) is 42.0 Å². The quantitative estimate of drug-likeness (QED) is 0.465. The van der Waals surface area contributed by atoms with Gasteiger partial charge in [-0.15, -0.1) is 0 Å². The molecule has 2 aromatic rings. The SMILES string of the molecule is O=C=Nc1c(CS)ccc2ccccc12. The first-order valence-electron chi connectivity index (χ1n) is 4.56. The first-order valence-corrected chi connectivity index (χ1v) is 5.19. The Morgan fingerprint density at radius 3 is 2.73 bits per heavy atom. The van der Waals surface area contributed by atoms with E-state index in [1.165, 1.54) is 0 Å². The molecule has 0 fully saturated rings. The molecule has 3 heteroatoms. The highest BCUT2D eigenvalue weighted by atomic mass is 32.1. The molecule has 0 atom stereocenters. The van der Waals surface area contributed by atoms with Gasteiger partial charge < -0.3 is 0 Å². The van der Waals surface area contributed by atoms with Gasteiger partial charge in [-0.1, -0.05) is 36.4 Å². The molecule has 0 saturated heterocycles. The van der Waals surface area contributed by atoms with Crippen LogP contribution in [-0.4, -0.2) is 6.08 Å². The normalized spacial score (nSPS) is 9.93. The summed E-state index contributed by atoms with van der Waals surface area (Å²) in [5, 5.41) is 2.03. The van der Waals surface area contributed by atoms with Crippen LogP contribution >= 0.6 is 12.6 Å². The molecule has 0 heterocycles. The van der Waals surface area contributed by atoms with Crippen LogP contribution in [0.2, 0.25) is 0 Å². The van der Waals surface area contributed by atoms with E-state index in [1.54, 1.807) is 6.08 Å². The molecule has 0 bridgehead atoms. The van der Waals surface area contributed by atoms with Crippen LogP contribution in [0.15, 0.2) is 41.4 Å². The number of carbonyl (C=O) groups excluding carboxylic acids is 1. The number of hydrogen-bond donors (Lipinski definition) is 1. The van der Waals surface area contributed by atoms with E-state index in [0.29, 0.717) is 11.4 Å². The second kappa shape index (κ2) is 4.30. The van der Waals surface area contributed by atoms with E-state index in [1.807, 2.05) is 36.4 Å². The van der Waals surface area contributed by atoms with Gasteiger partial charge in [-0.2, -0.15) is 17.6 Å². The van der Waals surface area contributed by atoms with Gasteiger partial charge in [0.1, 0.15) is 0 Å². The molecule has 0 aromatic heterocycles. The van der Waals surface area contributed by atoms with Gasteiger partial charge in [0.15, 0.2) is 0 Å². The van der Waals surface area contributed by atoms with E-state index in [0.717, 1.165) is 16.3 Å². The first kappa shape index (κ1) is 9.97. The Balaban J connectivity index is 2.84. The van der Waals surface area contributed by atoms with Crippen molar-refractivity contribution in [2.45, 2.75) is 5.75 Å². The average molecular weight is 215 g/mol. The number of benzene rings is 2. The zero-order valence-electron chi connectivity index (χ0n) is 7.97. The monoisotopic (exact) mass is 215 g/mol. The van der Waals surface area contributed by atoms with Gasteiger partial charge in [0.2, 0.25) is 6.08 Å². The summed E-state index contributed by atoms with van der Waals surface area (Å²) in [5.74, 6) is 0.561. The van der Waals surface area contributed by atoms with Crippen LogP contribution in [-0.2, 0) is 10.5 Å². The standard InChI is InChI=1S/C12H9NOS/c14-8-13-12-10(7-15)6-5-9-3-1-2-4-11(9)12/h1-6,15H,7H2. The Morgan fingerprint density at radius 2 is 2.00 bits per heavy atom. The lowest BCUT2D eigenvalue weighted by molar-refractivity contribution is 0.565. The van der Waals surface area contributed by atoms with Crippen LogP contribution in [0.3, 0.4) is 0 Å². The van der Waals surface area contributed by atoms with E-state index in [9.17, 15) is 4.79 Å². The second-order valence-electron chi connectivity index (χ2n) is 3.16. The van der Waals surface area contributed by atoms with Crippen LogP contribution in [0.1, 0.15) is 5.56 Å². The third kappa shape index (κ3) is 1.80. The molecule has 2 rings (SSSR count). The zero-order valence-corrected chi connectivity index (χ0v) is 8.87. The zero-order chi connectivity index (χ0) is 10.7. The lowest BCUT2D eigenvalue weighted by atomic mass is 10.1. The Bertz CT molecular complexity index is 544. The van der Waals surface area contributed by atoms with Gasteiger partial charge in [0.25, 0.3) is 0 Å². The molecule has 2 nitrogen and oxygen atoms in total. The number of nitrogens with zero attached hydrogens (tertiary/aromatic N) is 1. The molecule has 2 aromatic carbocycles. The molecule has 0 aliphatic rings. The molecule has 0 aliphatic carbocycles. The second-order valence-corrected chi connectivity index (χ2v) is 3.47. The Kier molecular flexibility index (Phi) is 2.86. The van der Waals surface area contributed by atoms with Crippen LogP contribution in [0.4, 0.5) is 5.69 Å². The predicted octanol–water partition coefficient (Wildman–Crippen LogP) is 3.24. The number of fused-ring (bicyclic) bond motifs is 1. The highest BCUT2D eigenvalue weighted by Crippen LogP contribution is 2.30. The maximum absolute atomic E-state index is 10.4. The maximum atomic E-state index is 10.4. The molecule has 15 heavy (non-hydrogen) atoms. The van der Waals surface area contributed by atoms with Gasteiger partial charge in [-0.3, -0.25) is 0 Å². The average Bonchev–Trinajstić information content (AvgIpc) is 2.30. The van der Waals surface area contributed by atoms with Gasteiger partial charge >= 0.3 is 0 Å². The fourth-order valence-electron chi connectivity index (χ4n) is 1.61. The van der Waals surface area contributed by atoms with Crippen LogP contribution in [0, 0.1) is 0 Å². The van der Waals surface area contributed by atoms with Gasteiger partial charge in [-0.25, -0.2) is 4.79 Å². The summed E-state index contributed by atoms with van der Waals surface area (Å²) in [6.07, 6.45) is 1.59. The van der Waals surface area contributed by atoms with Crippen molar-refractivity contribution in [2.75, 3.05) is 0 Å². The highest BCUT2D eigenvalue weighted by molar-refractivity contribution is 7.79. The molecule has 0 radical (unpaired) electrons. The van der Waals surface area contributed by atoms with Crippen molar-refractivity contribution in [3.8, 4) is 0 Å². The van der Waals surface area contributed by atoms with Gasteiger partial charge in [-0.05, 0) is 10.9 Å². The fourth-order valence-corrected chi connectivity index (χ4v) is 1.86. The van der Waals surface area contributed by atoms with Crippen molar-refractivity contribution < 1.29 is 4.79 Å². The van der Waals surface area contributed by atoms with E-state index in [-0.39, 0.29) is 0 Å². The van der Waals surface area contributed by atoms with Crippen molar-refractivity contribution in [1.29, 1.82) is 0 Å². The summed E-state index contributed by atoms with van der Waals surface area (Å²) >= 11 is 4.21. The number of thiol groups is 1. The van der Waals surface area contributed by atoms with Crippen LogP contribution in [0.5, 0.6) is 0 Å². The lowest BCUT2D eigenvalue weighted by Gasteiger charge is -2.05. The summed E-state index contributed by atoms with van der Waals surface area (Å²) in [7, 11) is 0. The number of aliphatic imine (C=N–C) groups is 1. The van der Waals surface area contributed by atoms with Crippen molar-refractivity contribution in [2.24, 2.45) is 4.99 Å². The molecular weight excluding hydrogens is 206 g/mol. The first-order chi connectivity index (χ1) is 7.36. The minimum atomic E-state index is 0.561. The largest absolute Gasteiger partial charge is 0.240 e. The maximum Gasteiger partial charge on any atom is 0.240 e. The minimum absolute atomic E-state index is 0.561. The molecule has 0 N–H and O–H groups in total. The van der Waals surface area contributed by atoms with Crippen molar-refractivity contribution >= 4 is 35.2 Å². The van der Waals surface area contributed by atoms with Crippen molar-refractivity contribution in [1.82, 2.24) is 0 Å². The fraction of sp³-hybridized carbons (Fsp3) is 0.0833. The Hall–Kier alpha value is -1.57. The smallest absolute Gasteiger partial charge is 0.211 e. The molecule has 0 saturated carbocycles. The number of hydrogen-bond acceptors (Lipinski definition) is 3. The molecule has 0 amide bonds. The molecule has 0 aliphatic heterocycles. The van der Waals surface area contributed by atoms with Crippen molar-refractivity contribution in [3.63, 3.8) is 0 Å². The van der Waals surface area contributed by atoms with Crippen LogP contribution < -0.4 is 0 Å². The van der Waals surface area contributed by atoms with E-state index >= 15 is 0 Å². The van der Waals surface area contributed by atoms with Gasteiger partial charge in [0.05, 0.1) is 5.69 Å². The summed E-state index contributed by atoms with van der Waals surface area (Å²) in [6, 6.07) is 11.8. The summed E-state index contributed by atoms with van der Waals surface area (Å²) in [5.41, 5.74) is 1.62. The van der Waals surface area contributed by atoms with E-state index < -0.39 is 0 Å². The summed E-state index contributed by atoms with van der Waals surface area (Å²) in [6.45, 7) is 0. The molecule has 74 valence electrons. The third-order valence-electron chi connectivity index (χ3n) is 2.31. The van der Waals surface area contributed by atoms with Crippen LogP contribution in [0.25, 0.3) is 10.8 Å². The van der Waals surface area contributed by atoms with E-state index in [4.69, 9.17) is 0 Å². The third-order valence-corrected chi connectivity index (χ3v) is 2.65. The Labute approximate surface area is 93.1 Å². The number of isocyanates is 1. The lowest BCUT2D eigenvalue weighted by Crippen LogP contribution is -1.82. The molecule has 0 spiro atoms. The Morgan fingerprint density at radius 1 is 1.20 bits per heavy atom. The minimum Gasteiger partial charge on any atom is -0.211 e. The molecular formula is C12H9NOS. The highest BCUT2D eigenvalue weighted by Gasteiger charge is 2.04. The molecule has 0 unspecified atom stereocenters. The topological polar surface area (TPSA) is 29.4 Å². The number of rotatable bonds is 2. The summed E-state index contributed by atoms with van der Waals surface area (Å²) in [4.78, 5) is 14.1. The summed E-state index contributed by atoms with van der Waals surface area (Å²) < 4.78 is 0. The van der Waals surface area contributed by atoms with Gasteiger partial charge in [0, 0.05) is 11.1 Å². The van der Waals surface area contributed by atoms with E-state index in [2.05, 4.69) is 17.6 Å². The predicted molar refractivity (Wildman–Crippen MR) is 64.4 cm³/mol.